The predicted octanol–water partition coefficient (Wildman–Crippen LogP) is 4.01. The third-order valence-corrected chi connectivity index (χ3v) is 3.84. The molecule has 0 unspecified atom stereocenters. The van der Waals surface area contributed by atoms with Crippen LogP contribution in [0.5, 0.6) is 0 Å². The van der Waals surface area contributed by atoms with Crippen molar-refractivity contribution in [3.63, 3.8) is 0 Å². The number of rotatable bonds is 3. The van der Waals surface area contributed by atoms with Crippen molar-refractivity contribution >= 4 is 11.6 Å². The van der Waals surface area contributed by atoms with Crippen molar-refractivity contribution in [2.75, 3.05) is 5.88 Å². The molecule has 1 atom stereocenters. The average molecular weight is 239 g/mol. The zero-order valence-electron chi connectivity index (χ0n) is 9.53. The molecular weight excluding hydrogens is 220 g/mol. The second-order valence-electron chi connectivity index (χ2n) is 4.67. The molecule has 1 nitrogen and oxygen atoms in total. The van der Waals surface area contributed by atoms with Gasteiger partial charge in [0.05, 0.1) is 12.0 Å². The van der Waals surface area contributed by atoms with Crippen molar-refractivity contribution in [3.05, 3.63) is 35.4 Å². The van der Waals surface area contributed by atoms with E-state index in [1.807, 2.05) is 12.1 Å². The van der Waals surface area contributed by atoms with E-state index in [1.54, 1.807) is 0 Å². The zero-order valence-corrected chi connectivity index (χ0v) is 10.3. The number of hydrogen-bond acceptors (Lipinski definition) is 1. The van der Waals surface area contributed by atoms with Gasteiger partial charge in [-0.05, 0) is 29.9 Å². The van der Waals surface area contributed by atoms with E-state index in [1.165, 1.54) is 37.7 Å². The van der Waals surface area contributed by atoms with Gasteiger partial charge in [0.1, 0.15) is 0 Å². The van der Waals surface area contributed by atoms with E-state index in [4.69, 9.17) is 11.6 Å². The van der Waals surface area contributed by atoms with Gasteiger partial charge in [0.2, 0.25) is 0 Å². The van der Waals surface area contributed by atoms with Gasteiger partial charge in [0, 0.05) is 0 Å². The first-order chi connectivity index (χ1) is 7.81. The van der Waals surface area contributed by atoms with Crippen LogP contribution in [0.25, 0.3) is 0 Å². The lowest BCUT2D eigenvalue weighted by Gasteiger charge is -2.22. The molecular formula is C14H19ClO. The zero-order chi connectivity index (χ0) is 11.4. The molecule has 0 saturated heterocycles. The second-order valence-corrected chi connectivity index (χ2v) is 4.98. The van der Waals surface area contributed by atoms with Crippen molar-refractivity contribution in [3.8, 4) is 0 Å². The molecule has 0 bridgehead atoms. The minimum Gasteiger partial charge on any atom is -0.387 e. The van der Waals surface area contributed by atoms with E-state index in [-0.39, 0.29) is 5.88 Å². The van der Waals surface area contributed by atoms with Crippen LogP contribution < -0.4 is 0 Å². The molecule has 0 aliphatic heterocycles. The van der Waals surface area contributed by atoms with Crippen LogP contribution in [-0.4, -0.2) is 11.0 Å². The van der Waals surface area contributed by atoms with E-state index in [0.717, 1.165) is 11.5 Å². The Labute approximate surface area is 102 Å². The van der Waals surface area contributed by atoms with Gasteiger partial charge in [-0.3, -0.25) is 0 Å². The minimum atomic E-state index is -0.526. The number of alkyl halides is 1. The van der Waals surface area contributed by atoms with Gasteiger partial charge in [-0.2, -0.15) is 0 Å². The van der Waals surface area contributed by atoms with E-state index in [9.17, 15) is 5.11 Å². The van der Waals surface area contributed by atoms with Gasteiger partial charge >= 0.3 is 0 Å². The van der Waals surface area contributed by atoms with Gasteiger partial charge in [0.15, 0.2) is 0 Å². The quantitative estimate of drug-likeness (QED) is 0.789. The fraction of sp³-hybridized carbons (Fsp3) is 0.571. The topological polar surface area (TPSA) is 20.2 Å². The summed E-state index contributed by atoms with van der Waals surface area (Å²) in [6.07, 6.45) is 6.21. The normalized spacial score (nSPS) is 19.6. The van der Waals surface area contributed by atoms with Gasteiger partial charge in [-0.25, -0.2) is 0 Å². The van der Waals surface area contributed by atoms with Crippen molar-refractivity contribution in [2.24, 2.45) is 0 Å². The Hall–Kier alpha value is -0.530. The predicted molar refractivity (Wildman–Crippen MR) is 67.9 cm³/mol. The smallest absolute Gasteiger partial charge is 0.0925 e. The van der Waals surface area contributed by atoms with Crippen LogP contribution in [0.4, 0.5) is 0 Å². The van der Waals surface area contributed by atoms with Crippen LogP contribution >= 0.6 is 11.6 Å². The standard InChI is InChI=1S/C14H19ClO/c15-10-14(16)13-8-6-12(7-9-13)11-4-2-1-3-5-11/h6-9,11,14,16H,1-5,10H2/t14-/m1/s1. The Morgan fingerprint density at radius 2 is 1.75 bits per heavy atom. The molecule has 1 N–H and O–H groups in total. The van der Waals surface area contributed by atoms with Gasteiger partial charge in [-0.15, -0.1) is 11.6 Å². The van der Waals surface area contributed by atoms with Crippen molar-refractivity contribution < 1.29 is 5.11 Å². The highest BCUT2D eigenvalue weighted by atomic mass is 35.5. The largest absolute Gasteiger partial charge is 0.387 e. The average Bonchev–Trinajstić information content (AvgIpc) is 2.39. The molecule has 1 fully saturated rings. The van der Waals surface area contributed by atoms with Crippen molar-refractivity contribution in [2.45, 2.75) is 44.1 Å². The van der Waals surface area contributed by atoms with Crippen LogP contribution in [0.1, 0.15) is 55.3 Å². The van der Waals surface area contributed by atoms with E-state index >= 15 is 0 Å². The minimum absolute atomic E-state index is 0.267. The van der Waals surface area contributed by atoms with E-state index in [2.05, 4.69) is 12.1 Å². The molecule has 0 spiro atoms. The summed E-state index contributed by atoms with van der Waals surface area (Å²) in [5.41, 5.74) is 2.35. The maximum Gasteiger partial charge on any atom is 0.0925 e. The Morgan fingerprint density at radius 3 is 2.31 bits per heavy atom. The highest BCUT2D eigenvalue weighted by Gasteiger charge is 2.15. The lowest BCUT2D eigenvalue weighted by Crippen LogP contribution is -2.05. The van der Waals surface area contributed by atoms with E-state index in [0.29, 0.717) is 0 Å². The monoisotopic (exact) mass is 238 g/mol. The van der Waals surface area contributed by atoms with Crippen molar-refractivity contribution in [1.82, 2.24) is 0 Å². The Bertz CT molecular complexity index is 314. The Balaban J connectivity index is 2.06. The number of halogens is 1. The lowest BCUT2D eigenvalue weighted by atomic mass is 9.84. The summed E-state index contributed by atoms with van der Waals surface area (Å²) in [7, 11) is 0. The number of benzene rings is 1. The summed E-state index contributed by atoms with van der Waals surface area (Å²) in [5, 5.41) is 9.60. The van der Waals surface area contributed by atoms with Crippen LogP contribution in [0.3, 0.4) is 0 Å². The van der Waals surface area contributed by atoms with Gasteiger partial charge < -0.3 is 5.11 Å². The maximum absolute atomic E-state index is 9.60. The Kier molecular flexibility index (Phi) is 4.25. The molecule has 16 heavy (non-hydrogen) atoms. The first-order valence-corrected chi connectivity index (χ1v) is 6.68. The molecule has 0 aromatic heterocycles. The van der Waals surface area contributed by atoms with E-state index < -0.39 is 6.10 Å². The molecule has 2 heteroatoms. The molecule has 1 saturated carbocycles. The fourth-order valence-electron chi connectivity index (χ4n) is 2.52. The summed E-state index contributed by atoms with van der Waals surface area (Å²) in [6.45, 7) is 0. The molecule has 1 aliphatic carbocycles. The molecule has 1 aromatic rings. The lowest BCUT2D eigenvalue weighted by molar-refractivity contribution is 0.202. The number of hydrogen-bond donors (Lipinski definition) is 1. The molecule has 0 heterocycles. The molecule has 1 aliphatic rings. The van der Waals surface area contributed by atoms with Gasteiger partial charge in [-0.1, -0.05) is 43.5 Å². The second kappa shape index (κ2) is 5.70. The molecule has 88 valence electrons. The maximum atomic E-state index is 9.60. The molecule has 1 aromatic carbocycles. The van der Waals surface area contributed by atoms with Crippen molar-refractivity contribution in [1.29, 1.82) is 0 Å². The Morgan fingerprint density at radius 1 is 1.12 bits per heavy atom. The van der Waals surface area contributed by atoms with Crippen LogP contribution in [-0.2, 0) is 0 Å². The first-order valence-electron chi connectivity index (χ1n) is 6.15. The summed E-state index contributed by atoms with van der Waals surface area (Å²) >= 11 is 5.62. The third kappa shape index (κ3) is 2.78. The number of aliphatic hydroxyl groups excluding tert-OH is 1. The highest BCUT2D eigenvalue weighted by Crippen LogP contribution is 2.32. The summed E-state index contributed by atoms with van der Waals surface area (Å²) in [5.74, 6) is 0.999. The van der Waals surface area contributed by atoms with Crippen LogP contribution in [0.2, 0.25) is 0 Å². The number of aliphatic hydroxyl groups is 1. The van der Waals surface area contributed by atoms with Gasteiger partial charge in [0.25, 0.3) is 0 Å². The summed E-state index contributed by atoms with van der Waals surface area (Å²) in [4.78, 5) is 0. The fourth-order valence-corrected chi connectivity index (χ4v) is 2.69. The highest BCUT2D eigenvalue weighted by molar-refractivity contribution is 6.18. The third-order valence-electron chi connectivity index (χ3n) is 3.54. The van der Waals surface area contributed by atoms with Crippen LogP contribution in [0, 0.1) is 0 Å². The SMILES string of the molecule is O[C@H](CCl)c1ccc(C2CCCCC2)cc1. The first kappa shape index (κ1) is 11.9. The summed E-state index contributed by atoms with van der Waals surface area (Å²) < 4.78 is 0. The van der Waals surface area contributed by atoms with Crippen LogP contribution in [0.15, 0.2) is 24.3 Å². The molecule has 2 rings (SSSR count). The molecule has 0 amide bonds. The summed E-state index contributed by atoms with van der Waals surface area (Å²) in [6, 6.07) is 8.33. The molecule has 0 radical (unpaired) electrons.